The van der Waals surface area contributed by atoms with Gasteiger partial charge >= 0.3 is 0 Å². The van der Waals surface area contributed by atoms with E-state index in [1.165, 1.54) is 5.56 Å². The van der Waals surface area contributed by atoms with Gasteiger partial charge < -0.3 is 15.0 Å². The highest BCUT2D eigenvalue weighted by Gasteiger charge is 2.26. The van der Waals surface area contributed by atoms with Crippen LogP contribution in [-0.2, 0) is 16.1 Å². The Balaban J connectivity index is 2.06. The van der Waals surface area contributed by atoms with Gasteiger partial charge in [-0.15, -0.1) is 0 Å². The number of nitrogens with zero attached hydrogens (tertiary/aromatic N) is 1. The molecule has 0 radical (unpaired) electrons. The number of rotatable bonds is 11. The van der Waals surface area contributed by atoms with Crippen LogP contribution in [0.3, 0.4) is 0 Å². The molecule has 0 aliphatic heterocycles. The molecule has 0 saturated heterocycles. The number of carbonyl (C=O) groups is 2. The van der Waals surface area contributed by atoms with Crippen LogP contribution in [0.5, 0.6) is 5.75 Å². The number of amides is 2. The zero-order chi connectivity index (χ0) is 21.9. The van der Waals surface area contributed by atoms with Gasteiger partial charge in [0, 0.05) is 13.1 Å². The molecule has 0 unspecified atom stereocenters. The molecule has 0 aromatic heterocycles. The fourth-order valence-corrected chi connectivity index (χ4v) is 3.08. The van der Waals surface area contributed by atoms with E-state index in [-0.39, 0.29) is 18.4 Å². The van der Waals surface area contributed by atoms with E-state index in [1.807, 2.05) is 54.6 Å². The molecule has 1 N–H and O–H groups in total. The van der Waals surface area contributed by atoms with Crippen molar-refractivity contribution < 1.29 is 14.3 Å². The van der Waals surface area contributed by atoms with Crippen LogP contribution in [0.4, 0.5) is 0 Å². The van der Waals surface area contributed by atoms with E-state index in [2.05, 4.69) is 26.1 Å². The Labute approximate surface area is 180 Å². The molecule has 2 amide bonds. The third-order valence-corrected chi connectivity index (χ3v) is 5.10. The average molecular weight is 411 g/mol. The van der Waals surface area contributed by atoms with Gasteiger partial charge in [-0.1, -0.05) is 69.7 Å². The molecule has 1 atom stereocenters. The molecule has 5 heteroatoms. The summed E-state index contributed by atoms with van der Waals surface area (Å²) in [4.78, 5) is 27.2. The summed E-state index contributed by atoms with van der Waals surface area (Å²) >= 11 is 0. The minimum atomic E-state index is -0.582. The first-order chi connectivity index (χ1) is 14.4. The third-order valence-electron chi connectivity index (χ3n) is 5.10. The Morgan fingerprint density at radius 3 is 2.27 bits per heavy atom. The Bertz CT molecular complexity index is 788. The van der Waals surface area contributed by atoms with E-state index >= 15 is 0 Å². The zero-order valence-corrected chi connectivity index (χ0v) is 18.6. The van der Waals surface area contributed by atoms with Gasteiger partial charge in [-0.25, -0.2) is 0 Å². The van der Waals surface area contributed by atoms with Crippen molar-refractivity contribution in [3.8, 4) is 5.75 Å². The molecule has 2 aromatic rings. The van der Waals surface area contributed by atoms with Gasteiger partial charge in [-0.05, 0) is 42.5 Å². The predicted molar refractivity (Wildman–Crippen MR) is 120 cm³/mol. The van der Waals surface area contributed by atoms with Gasteiger partial charge in [-0.3, -0.25) is 9.59 Å². The standard InChI is InChI=1S/C25H34N2O3/c1-5-6-16-26-25(29)20(4)27(17-21-10-8-7-9-11-21)24(28)18-30-23-14-12-22(13-15-23)19(2)3/h7-15,19-20H,5-6,16-18H2,1-4H3,(H,26,29)/t20-/m1/s1. The molecule has 0 heterocycles. The Morgan fingerprint density at radius 2 is 1.67 bits per heavy atom. The van der Waals surface area contributed by atoms with Crippen LogP contribution in [-0.4, -0.2) is 35.9 Å². The second kappa shape index (κ2) is 12.0. The first-order valence-corrected chi connectivity index (χ1v) is 10.8. The Kier molecular flexibility index (Phi) is 9.39. The van der Waals surface area contributed by atoms with Crippen molar-refractivity contribution in [2.45, 2.75) is 59.0 Å². The summed E-state index contributed by atoms with van der Waals surface area (Å²) in [6, 6.07) is 16.9. The largest absolute Gasteiger partial charge is 0.484 e. The zero-order valence-electron chi connectivity index (χ0n) is 18.6. The molecule has 0 aliphatic rings. The van der Waals surface area contributed by atoms with Crippen molar-refractivity contribution in [1.29, 1.82) is 0 Å². The summed E-state index contributed by atoms with van der Waals surface area (Å²) in [6.07, 6.45) is 1.92. The maximum atomic E-state index is 13.0. The number of benzene rings is 2. The number of ether oxygens (including phenoxy) is 1. The molecule has 2 rings (SSSR count). The number of carbonyl (C=O) groups excluding carboxylic acids is 2. The van der Waals surface area contributed by atoms with Crippen molar-refractivity contribution in [2.75, 3.05) is 13.2 Å². The van der Waals surface area contributed by atoms with E-state index < -0.39 is 6.04 Å². The average Bonchev–Trinajstić information content (AvgIpc) is 2.76. The van der Waals surface area contributed by atoms with Gasteiger partial charge in [0.1, 0.15) is 11.8 Å². The molecule has 0 saturated carbocycles. The van der Waals surface area contributed by atoms with Crippen LogP contribution >= 0.6 is 0 Å². The highest BCUT2D eigenvalue weighted by Crippen LogP contribution is 2.19. The molecule has 0 aliphatic carbocycles. The molecule has 0 spiro atoms. The molecule has 162 valence electrons. The maximum absolute atomic E-state index is 13.0. The third kappa shape index (κ3) is 7.21. The number of hydrogen-bond donors (Lipinski definition) is 1. The Morgan fingerprint density at radius 1 is 1.00 bits per heavy atom. The molecular weight excluding hydrogens is 376 g/mol. The lowest BCUT2D eigenvalue weighted by molar-refractivity contribution is -0.142. The van der Waals surface area contributed by atoms with Crippen LogP contribution in [0.15, 0.2) is 54.6 Å². The molecule has 30 heavy (non-hydrogen) atoms. The van der Waals surface area contributed by atoms with Crippen LogP contribution in [0, 0.1) is 0 Å². The number of nitrogens with one attached hydrogen (secondary N) is 1. The number of hydrogen-bond acceptors (Lipinski definition) is 3. The second-order valence-electron chi connectivity index (χ2n) is 7.84. The fourth-order valence-electron chi connectivity index (χ4n) is 3.08. The van der Waals surface area contributed by atoms with E-state index in [9.17, 15) is 9.59 Å². The highest BCUT2D eigenvalue weighted by atomic mass is 16.5. The fraction of sp³-hybridized carbons (Fsp3) is 0.440. The first-order valence-electron chi connectivity index (χ1n) is 10.8. The molecule has 5 nitrogen and oxygen atoms in total. The predicted octanol–water partition coefficient (Wildman–Crippen LogP) is 4.52. The van der Waals surface area contributed by atoms with Crippen molar-refractivity contribution in [3.05, 3.63) is 65.7 Å². The Hall–Kier alpha value is -2.82. The second-order valence-corrected chi connectivity index (χ2v) is 7.84. The SMILES string of the molecule is CCCCNC(=O)[C@@H](C)N(Cc1ccccc1)C(=O)COc1ccc(C(C)C)cc1. The van der Waals surface area contributed by atoms with Crippen LogP contribution < -0.4 is 10.1 Å². The van der Waals surface area contributed by atoms with E-state index in [0.717, 1.165) is 18.4 Å². The van der Waals surface area contributed by atoms with Crippen LogP contribution in [0.25, 0.3) is 0 Å². The lowest BCUT2D eigenvalue weighted by Crippen LogP contribution is -2.49. The van der Waals surface area contributed by atoms with Gasteiger partial charge in [0.25, 0.3) is 5.91 Å². The summed E-state index contributed by atoms with van der Waals surface area (Å²) in [6.45, 7) is 8.97. The van der Waals surface area contributed by atoms with Crippen molar-refractivity contribution >= 4 is 11.8 Å². The quantitative estimate of drug-likeness (QED) is 0.554. The minimum Gasteiger partial charge on any atom is -0.484 e. The summed E-state index contributed by atoms with van der Waals surface area (Å²) in [5.74, 6) is 0.723. The number of unbranched alkanes of at least 4 members (excludes halogenated alkanes) is 1. The lowest BCUT2D eigenvalue weighted by Gasteiger charge is -2.28. The summed E-state index contributed by atoms with van der Waals surface area (Å²) in [5, 5.41) is 2.92. The van der Waals surface area contributed by atoms with Gasteiger partial charge in [0.15, 0.2) is 6.61 Å². The summed E-state index contributed by atoms with van der Waals surface area (Å²) < 4.78 is 5.73. The van der Waals surface area contributed by atoms with E-state index in [1.54, 1.807) is 11.8 Å². The summed E-state index contributed by atoms with van der Waals surface area (Å²) in [5.41, 5.74) is 2.19. The molecular formula is C25H34N2O3. The molecule has 0 fully saturated rings. The highest BCUT2D eigenvalue weighted by molar-refractivity contribution is 5.87. The lowest BCUT2D eigenvalue weighted by atomic mass is 10.0. The van der Waals surface area contributed by atoms with Gasteiger partial charge in [-0.2, -0.15) is 0 Å². The van der Waals surface area contributed by atoms with Crippen LogP contribution in [0.1, 0.15) is 57.6 Å². The van der Waals surface area contributed by atoms with Crippen molar-refractivity contribution in [3.63, 3.8) is 0 Å². The normalized spacial score (nSPS) is 11.8. The minimum absolute atomic E-state index is 0.111. The van der Waals surface area contributed by atoms with Gasteiger partial charge in [0.2, 0.25) is 5.91 Å². The molecule has 2 aromatic carbocycles. The maximum Gasteiger partial charge on any atom is 0.261 e. The van der Waals surface area contributed by atoms with Crippen molar-refractivity contribution in [2.24, 2.45) is 0 Å². The van der Waals surface area contributed by atoms with Gasteiger partial charge in [0.05, 0.1) is 0 Å². The van der Waals surface area contributed by atoms with E-state index in [0.29, 0.717) is 24.8 Å². The smallest absolute Gasteiger partial charge is 0.261 e. The topological polar surface area (TPSA) is 58.6 Å². The summed E-state index contributed by atoms with van der Waals surface area (Å²) in [7, 11) is 0. The first kappa shape index (κ1) is 23.5. The molecule has 0 bridgehead atoms. The van der Waals surface area contributed by atoms with E-state index in [4.69, 9.17) is 4.74 Å². The monoisotopic (exact) mass is 410 g/mol. The van der Waals surface area contributed by atoms with Crippen LogP contribution in [0.2, 0.25) is 0 Å². The van der Waals surface area contributed by atoms with Crippen molar-refractivity contribution in [1.82, 2.24) is 10.2 Å².